The summed E-state index contributed by atoms with van der Waals surface area (Å²) in [6.07, 6.45) is 10.7. The Hall–Kier alpha value is -1.30. The smallest absolute Gasteiger partial charge is 0.233 e. The number of fused-ring (bicyclic) bond motifs is 1. The van der Waals surface area contributed by atoms with Gasteiger partial charge in [0.2, 0.25) is 17.7 Å². The van der Waals surface area contributed by atoms with Gasteiger partial charge in [0.25, 0.3) is 0 Å². The van der Waals surface area contributed by atoms with Gasteiger partial charge in [0.05, 0.1) is 11.8 Å². The summed E-state index contributed by atoms with van der Waals surface area (Å²) in [7, 11) is 0. The Balaban J connectivity index is 1.35. The van der Waals surface area contributed by atoms with Crippen molar-refractivity contribution in [3.8, 4) is 0 Å². The van der Waals surface area contributed by atoms with Gasteiger partial charge in [-0.2, -0.15) is 11.8 Å². The largest absolute Gasteiger partial charge is 0.355 e. The van der Waals surface area contributed by atoms with E-state index in [0.717, 1.165) is 11.0 Å². The lowest BCUT2D eigenvalue weighted by molar-refractivity contribution is -0.140. The molecule has 1 saturated carbocycles. The molecule has 0 aromatic heterocycles. The molecule has 1 aliphatic heterocycles. The Labute approximate surface area is 147 Å². The van der Waals surface area contributed by atoms with Crippen LogP contribution in [0.1, 0.15) is 44.9 Å². The molecular formula is C18H26N2O3S. The standard InChI is InChI=1S/C18H26N2O3S/c21-16(19-10-12-24-13-5-1-2-6-13)9-11-20-17(22)14-7-3-4-8-15(14)18(20)23/h3-4,13-15H,1-2,5-12H2,(H,19,21)/t14-,15+. The van der Waals surface area contributed by atoms with Gasteiger partial charge in [-0.15, -0.1) is 0 Å². The average molecular weight is 350 g/mol. The highest BCUT2D eigenvalue weighted by atomic mass is 32.2. The lowest BCUT2D eigenvalue weighted by Crippen LogP contribution is -2.36. The number of hydrogen-bond donors (Lipinski definition) is 1. The summed E-state index contributed by atoms with van der Waals surface area (Å²) in [6, 6.07) is 0. The van der Waals surface area contributed by atoms with E-state index in [1.54, 1.807) is 0 Å². The van der Waals surface area contributed by atoms with Crippen molar-refractivity contribution in [3.63, 3.8) is 0 Å². The molecule has 3 rings (SSSR count). The number of nitrogens with one attached hydrogen (secondary N) is 1. The van der Waals surface area contributed by atoms with Crippen LogP contribution in [0.3, 0.4) is 0 Å². The third kappa shape index (κ3) is 4.02. The maximum atomic E-state index is 12.3. The number of carbonyl (C=O) groups is 3. The molecule has 132 valence electrons. The predicted molar refractivity (Wildman–Crippen MR) is 94.4 cm³/mol. The number of hydrogen-bond acceptors (Lipinski definition) is 4. The van der Waals surface area contributed by atoms with Gasteiger partial charge >= 0.3 is 0 Å². The van der Waals surface area contributed by atoms with E-state index in [0.29, 0.717) is 19.4 Å². The van der Waals surface area contributed by atoms with Crippen molar-refractivity contribution in [2.45, 2.75) is 50.2 Å². The van der Waals surface area contributed by atoms with Crippen molar-refractivity contribution in [1.82, 2.24) is 10.2 Å². The fourth-order valence-electron chi connectivity index (χ4n) is 3.86. The van der Waals surface area contributed by atoms with E-state index in [1.807, 2.05) is 23.9 Å². The van der Waals surface area contributed by atoms with Crippen LogP contribution in [0, 0.1) is 11.8 Å². The molecule has 2 fully saturated rings. The number of thioether (sulfide) groups is 1. The molecule has 1 heterocycles. The number of likely N-dealkylation sites (tertiary alicyclic amines) is 1. The topological polar surface area (TPSA) is 66.5 Å². The van der Waals surface area contributed by atoms with E-state index < -0.39 is 0 Å². The normalized spacial score (nSPS) is 26.9. The van der Waals surface area contributed by atoms with Crippen molar-refractivity contribution in [1.29, 1.82) is 0 Å². The van der Waals surface area contributed by atoms with E-state index >= 15 is 0 Å². The van der Waals surface area contributed by atoms with Gasteiger partial charge < -0.3 is 5.32 Å². The van der Waals surface area contributed by atoms with Crippen LogP contribution in [0.15, 0.2) is 12.2 Å². The molecule has 1 N–H and O–H groups in total. The van der Waals surface area contributed by atoms with E-state index in [2.05, 4.69) is 5.32 Å². The molecule has 0 aromatic rings. The molecular weight excluding hydrogens is 324 g/mol. The van der Waals surface area contributed by atoms with Crippen molar-refractivity contribution in [2.24, 2.45) is 11.8 Å². The number of rotatable bonds is 7. The maximum absolute atomic E-state index is 12.3. The number of imide groups is 1. The lowest BCUT2D eigenvalue weighted by Gasteiger charge is -2.14. The molecule has 24 heavy (non-hydrogen) atoms. The van der Waals surface area contributed by atoms with Crippen LogP contribution in [0.25, 0.3) is 0 Å². The molecule has 3 amide bonds. The lowest BCUT2D eigenvalue weighted by atomic mass is 9.85. The van der Waals surface area contributed by atoms with Gasteiger partial charge in [-0.1, -0.05) is 25.0 Å². The first-order valence-corrected chi connectivity index (χ1v) is 10.1. The summed E-state index contributed by atoms with van der Waals surface area (Å²) in [5.41, 5.74) is 0. The first-order chi connectivity index (χ1) is 11.7. The minimum atomic E-state index is -0.201. The minimum Gasteiger partial charge on any atom is -0.355 e. The van der Waals surface area contributed by atoms with E-state index in [4.69, 9.17) is 0 Å². The van der Waals surface area contributed by atoms with Crippen LogP contribution in [0.5, 0.6) is 0 Å². The third-order valence-electron chi connectivity index (χ3n) is 5.24. The van der Waals surface area contributed by atoms with Crippen LogP contribution in [-0.2, 0) is 14.4 Å². The molecule has 2 aliphatic carbocycles. The second kappa shape index (κ2) is 8.19. The number of nitrogens with zero attached hydrogens (tertiary/aromatic N) is 1. The monoisotopic (exact) mass is 350 g/mol. The Morgan fingerprint density at radius 3 is 2.38 bits per heavy atom. The van der Waals surface area contributed by atoms with Crippen LogP contribution in [0.2, 0.25) is 0 Å². The van der Waals surface area contributed by atoms with Crippen molar-refractivity contribution in [2.75, 3.05) is 18.8 Å². The molecule has 3 aliphatic rings. The van der Waals surface area contributed by atoms with Crippen LogP contribution < -0.4 is 5.32 Å². The Kier molecular flexibility index (Phi) is 5.98. The molecule has 0 spiro atoms. The molecule has 5 nitrogen and oxygen atoms in total. The molecule has 0 aromatic carbocycles. The Morgan fingerprint density at radius 2 is 1.75 bits per heavy atom. The van der Waals surface area contributed by atoms with E-state index in [9.17, 15) is 14.4 Å². The highest BCUT2D eigenvalue weighted by molar-refractivity contribution is 7.99. The Bertz CT molecular complexity index is 502. The molecule has 6 heteroatoms. The summed E-state index contributed by atoms with van der Waals surface area (Å²) in [5, 5.41) is 3.66. The number of allylic oxidation sites excluding steroid dienone is 2. The minimum absolute atomic E-state index is 0.0735. The van der Waals surface area contributed by atoms with Crippen molar-refractivity contribution >= 4 is 29.5 Å². The predicted octanol–water partition coefficient (Wildman–Crippen LogP) is 2.12. The zero-order valence-electron chi connectivity index (χ0n) is 14.0. The van der Waals surface area contributed by atoms with Gasteiger partial charge in [-0.3, -0.25) is 19.3 Å². The first-order valence-electron chi connectivity index (χ1n) is 9.05. The highest BCUT2D eigenvalue weighted by Gasteiger charge is 2.46. The zero-order chi connectivity index (χ0) is 16.9. The van der Waals surface area contributed by atoms with Crippen LogP contribution >= 0.6 is 11.8 Å². The second-order valence-electron chi connectivity index (χ2n) is 6.86. The van der Waals surface area contributed by atoms with Crippen molar-refractivity contribution in [3.05, 3.63) is 12.2 Å². The molecule has 1 saturated heterocycles. The average Bonchev–Trinajstić information content (AvgIpc) is 3.19. The summed E-state index contributed by atoms with van der Waals surface area (Å²) in [4.78, 5) is 37.9. The van der Waals surface area contributed by atoms with Gasteiger partial charge in [0.15, 0.2) is 0 Å². The van der Waals surface area contributed by atoms with Crippen molar-refractivity contribution < 1.29 is 14.4 Å². The maximum Gasteiger partial charge on any atom is 0.233 e. The molecule has 0 unspecified atom stereocenters. The fraction of sp³-hybridized carbons (Fsp3) is 0.722. The second-order valence-corrected chi connectivity index (χ2v) is 8.27. The summed E-state index contributed by atoms with van der Waals surface area (Å²) in [5.74, 6) is 0.267. The van der Waals surface area contributed by atoms with E-state index in [-0.39, 0.29) is 42.5 Å². The summed E-state index contributed by atoms with van der Waals surface area (Å²) in [6.45, 7) is 0.878. The quantitative estimate of drug-likeness (QED) is 0.434. The highest BCUT2D eigenvalue weighted by Crippen LogP contribution is 2.35. The van der Waals surface area contributed by atoms with Gasteiger partial charge in [0.1, 0.15) is 0 Å². The van der Waals surface area contributed by atoms with Gasteiger partial charge in [0, 0.05) is 30.5 Å². The number of carbonyl (C=O) groups excluding carboxylic acids is 3. The summed E-state index contributed by atoms with van der Waals surface area (Å²) < 4.78 is 0. The number of amides is 3. The SMILES string of the molecule is O=C(CCN1C(=O)[C@H]2CC=CC[C@H]2C1=O)NCCSC1CCCC1. The van der Waals surface area contributed by atoms with Crippen LogP contribution in [-0.4, -0.2) is 46.7 Å². The fourth-order valence-corrected chi connectivity index (χ4v) is 5.08. The Morgan fingerprint density at radius 1 is 1.12 bits per heavy atom. The van der Waals surface area contributed by atoms with E-state index in [1.165, 1.54) is 30.6 Å². The third-order valence-corrected chi connectivity index (χ3v) is 6.62. The zero-order valence-corrected chi connectivity index (χ0v) is 14.9. The van der Waals surface area contributed by atoms with Gasteiger partial charge in [-0.25, -0.2) is 0 Å². The molecule has 0 bridgehead atoms. The first kappa shape index (κ1) is 17.5. The molecule has 0 radical (unpaired) electrons. The van der Waals surface area contributed by atoms with Gasteiger partial charge in [-0.05, 0) is 25.7 Å². The van der Waals surface area contributed by atoms with Crippen LogP contribution in [0.4, 0.5) is 0 Å². The molecule has 2 atom stereocenters. The summed E-state index contributed by atoms with van der Waals surface area (Å²) >= 11 is 1.94.